The SMILES string of the molecule is CCCCCN(CCCCC)C(=O)C(CSc1ccc2ccccc2c1)CC(=O)OC. The van der Waals surface area contributed by atoms with Gasteiger partial charge in [-0.25, -0.2) is 0 Å². The first-order valence-corrected chi connectivity index (χ1v) is 12.5. The number of esters is 1. The Kier molecular flexibility index (Phi) is 11.5. The van der Waals surface area contributed by atoms with Gasteiger partial charge in [0.15, 0.2) is 0 Å². The van der Waals surface area contributed by atoms with Gasteiger partial charge in [-0.3, -0.25) is 9.59 Å². The highest BCUT2D eigenvalue weighted by Crippen LogP contribution is 2.27. The van der Waals surface area contributed by atoms with Gasteiger partial charge in [0.1, 0.15) is 0 Å². The van der Waals surface area contributed by atoms with Crippen LogP contribution in [0.25, 0.3) is 10.8 Å². The summed E-state index contributed by atoms with van der Waals surface area (Å²) in [4.78, 5) is 28.6. The molecule has 0 fully saturated rings. The van der Waals surface area contributed by atoms with Crippen molar-refractivity contribution in [3.63, 3.8) is 0 Å². The zero-order valence-electron chi connectivity index (χ0n) is 19.3. The van der Waals surface area contributed by atoms with Crippen molar-refractivity contribution < 1.29 is 14.3 Å². The minimum Gasteiger partial charge on any atom is -0.469 e. The summed E-state index contributed by atoms with van der Waals surface area (Å²) in [5, 5.41) is 2.39. The fourth-order valence-electron chi connectivity index (χ4n) is 3.65. The van der Waals surface area contributed by atoms with Crippen molar-refractivity contribution in [3.05, 3.63) is 42.5 Å². The Bertz CT molecular complexity index is 813. The molecule has 1 atom stereocenters. The van der Waals surface area contributed by atoms with E-state index in [4.69, 9.17) is 4.74 Å². The van der Waals surface area contributed by atoms with Crippen LogP contribution in [0.2, 0.25) is 0 Å². The molecule has 0 aliphatic carbocycles. The molecule has 0 aromatic heterocycles. The largest absolute Gasteiger partial charge is 0.469 e. The molecule has 170 valence electrons. The van der Waals surface area contributed by atoms with Crippen molar-refractivity contribution in [2.24, 2.45) is 5.92 Å². The van der Waals surface area contributed by atoms with E-state index in [1.807, 2.05) is 17.0 Å². The van der Waals surface area contributed by atoms with Crippen molar-refractivity contribution in [1.82, 2.24) is 4.90 Å². The molecule has 2 aromatic carbocycles. The molecule has 2 aromatic rings. The van der Waals surface area contributed by atoms with E-state index in [-0.39, 0.29) is 24.2 Å². The Morgan fingerprint density at radius 1 is 0.935 bits per heavy atom. The number of nitrogens with zero attached hydrogens (tertiary/aromatic N) is 1. The fourth-order valence-corrected chi connectivity index (χ4v) is 4.68. The second-order valence-electron chi connectivity index (χ2n) is 8.04. The maximum Gasteiger partial charge on any atom is 0.306 e. The lowest BCUT2D eigenvalue weighted by Gasteiger charge is -2.27. The molecular formula is C26H37NO3S. The standard InChI is InChI=1S/C26H37NO3S/c1-4-6-10-16-27(17-11-7-5-2)26(29)23(19-25(28)30-3)20-31-24-15-14-21-12-8-9-13-22(21)18-24/h8-9,12-15,18,23H,4-7,10-11,16-17,19-20H2,1-3H3. The molecule has 1 amide bonds. The summed E-state index contributed by atoms with van der Waals surface area (Å²) in [5.41, 5.74) is 0. The Balaban J connectivity index is 2.10. The average molecular weight is 444 g/mol. The summed E-state index contributed by atoms with van der Waals surface area (Å²) in [7, 11) is 1.39. The summed E-state index contributed by atoms with van der Waals surface area (Å²) in [6.45, 7) is 5.89. The molecule has 5 heteroatoms. The molecule has 31 heavy (non-hydrogen) atoms. The summed E-state index contributed by atoms with van der Waals surface area (Å²) < 4.78 is 4.90. The summed E-state index contributed by atoms with van der Waals surface area (Å²) >= 11 is 1.64. The lowest BCUT2D eigenvalue weighted by atomic mass is 10.1. The van der Waals surface area contributed by atoms with Crippen LogP contribution in [-0.2, 0) is 14.3 Å². The summed E-state index contributed by atoms with van der Waals surface area (Å²) in [6.07, 6.45) is 6.64. The van der Waals surface area contributed by atoms with Gasteiger partial charge in [0.25, 0.3) is 0 Å². The van der Waals surface area contributed by atoms with Crippen LogP contribution in [0.1, 0.15) is 58.8 Å². The number of amides is 1. The number of ether oxygens (including phenoxy) is 1. The molecule has 0 aliphatic heterocycles. The first kappa shape index (κ1) is 25.3. The van der Waals surface area contributed by atoms with Crippen molar-refractivity contribution in [2.45, 2.75) is 63.7 Å². The second kappa shape index (κ2) is 14.1. The average Bonchev–Trinajstić information content (AvgIpc) is 2.80. The molecule has 0 radical (unpaired) electrons. The zero-order valence-corrected chi connectivity index (χ0v) is 20.1. The van der Waals surface area contributed by atoms with Gasteiger partial charge in [0.05, 0.1) is 19.4 Å². The highest BCUT2D eigenvalue weighted by molar-refractivity contribution is 7.99. The van der Waals surface area contributed by atoms with Gasteiger partial charge in [0.2, 0.25) is 5.91 Å². The van der Waals surface area contributed by atoms with E-state index >= 15 is 0 Å². The highest BCUT2D eigenvalue weighted by atomic mass is 32.2. The Morgan fingerprint density at radius 2 is 1.58 bits per heavy atom. The van der Waals surface area contributed by atoms with Crippen LogP contribution < -0.4 is 0 Å². The van der Waals surface area contributed by atoms with E-state index < -0.39 is 0 Å². The molecular weight excluding hydrogens is 406 g/mol. The number of carbonyl (C=O) groups is 2. The van der Waals surface area contributed by atoms with Crippen LogP contribution in [0.3, 0.4) is 0 Å². The number of hydrogen-bond donors (Lipinski definition) is 0. The van der Waals surface area contributed by atoms with Crippen molar-refractivity contribution in [2.75, 3.05) is 26.0 Å². The molecule has 0 saturated heterocycles. The number of unbranched alkanes of at least 4 members (excludes halogenated alkanes) is 4. The predicted molar refractivity (Wildman–Crippen MR) is 130 cm³/mol. The molecule has 0 saturated carbocycles. The van der Waals surface area contributed by atoms with Gasteiger partial charge in [-0.2, -0.15) is 0 Å². The van der Waals surface area contributed by atoms with Crippen LogP contribution in [-0.4, -0.2) is 42.7 Å². The normalized spacial score (nSPS) is 12.0. The molecule has 0 bridgehead atoms. The van der Waals surface area contributed by atoms with Gasteiger partial charge in [-0.05, 0) is 35.7 Å². The van der Waals surface area contributed by atoms with Crippen LogP contribution in [0.15, 0.2) is 47.4 Å². The molecule has 2 rings (SSSR count). The smallest absolute Gasteiger partial charge is 0.306 e. The molecule has 0 heterocycles. The third-order valence-electron chi connectivity index (χ3n) is 5.54. The third kappa shape index (κ3) is 8.56. The number of methoxy groups -OCH3 is 1. The molecule has 0 aliphatic rings. The number of thioether (sulfide) groups is 1. The van der Waals surface area contributed by atoms with Gasteiger partial charge < -0.3 is 9.64 Å². The van der Waals surface area contributed by atoms with Gasteiger partial charge in [-0.15, -0.1) is 11.8 Å². The Labute approximate surface area is 191 Å². The zero-order chi connectivity index (χ0) is 22.5. The number of rotatable bonds is 14. The van der Waals surface area contributed by atoms with Crippen molar-refractivity contribution in [1.29, 1.82) is 0 Å². The summed E-state index contributed by atoms with van der Waals surface area (Å²) in [5.74, 6) is -0.0257. The number of hydrogen-bond acceptors (Lipinski definition) is 4. The molecule has 4 nitrogen and oxygen atoms in total. The Hall–Kier alpha value is -2.01. The number of fused-ring (bicyclic) bond motifs is 1. The van der Waals surface area contributed by atoms with E-state index in [9.17, 15) is 9.59 Å². The van der Waals surface area contributed by atoms with Gasteiger partial charge in [-0.1, -0.05) is 69.9 Å². The lowest BCUT2D eigenvalue weighted by Crippen LogP contribution is -2.39. The lowest BCUT2D eigenvalue weighted by molar-refractivity contribution is -0.146. The van der Waals surface area contributed by atoms with E-state index in [0.29, 0.717) is 5.75 Å². The number of benzene rings is 2. The van der Waals surface area contributed by atoms with Gasteiger partial charge >= 0.3 is 5.97 Å². The van der Waals surface area contributed by atoms with E-state index in [1.54, 1.807) is 11.8 Å². The maximum absolute atomic E-state index is 13.4. The minimum atomic E-state index is -0.368. The fraction of sp³-hybridized carbons (Fsp3) is 0.538. The topological polar surface area (TPSA) is 46.6 Å². The molecule has 1 unspecified atom stereocenters. The van der Waals surface area contributed by atoms with Crippen LogP contribution in [0, 0.1) is 5.92 Å². The van der Waals surface area contributed by atoms with Gasteiger partial charge in [0, 0.05) is 23.7 Å². The first-order chi connectivity index (χ1) is 15.1. The molecule has 0 spiro atoms. The summed E-state index contributed by atoms with van der Waals surface area (Å²) in [6, 6.07) is 14.6. The Morgan fingerprint density at radius 3 is 2.19 bits per heavy atom. The first-order valence-electron chi connectivity index (χ1n) is 11.6. The highest BCUT2D eigenvalue weighted by Gasteiger charge is 2.27. The van der Waals surface area contributed by atoms with E-state index in [0.717, 1.165) is 56.5 Å². The van der Waals surface area contributed by atoms with Crippen molar-refractivity contribution in [3.8, 4) is 0 Å². The van der Waals surface area contributed by atoms with E-state index in [2.05, 4.69) is 44.2 Å². The second-order valence-corrected chi connectivity index (χ2v) is 9.13. The quantitative estimate of drug-likeness (QED) is 0.195. The van der Waals surface area contributed by atoms with Crippen molar-refractivity contribution >= 4 is 34.4 Å². The minimum absolute atomic E-state index is 0.0888. The maximum atomic E-state index is 13.4. The third-order valence-corrected chi connectivity index (χ3v) is 6.69. The predicted octanol–water partition coefficient (Wildman–Crippen LogP) is 6.32. The number of carbonyl (C=O) groups excluding carboxylic acids is 2. The van der Waals surface area contributed by atoms with Crippen LogP contribution in [0.4, 0.5) is 0 Å². The molecule has 0 N–H and O–H groups in total. The van der Waals surface area contributed by atoms with Crippen LogP contribution >= 0.6 is 11.8 Å². The van der Waals surface area contributed by atoms with Crippen LogP contribution in [0.5, 0.6) is 0 Å². The monoisotopic (exact) mass is 443 g/mol. The van der Waals surface area contributed by atoms with E-state index in [1.165, 1.54) is 17.9 Å².